The van der Waals surface area contributed by atoms with E-state index in [1.807, 2.05) is 7.05 Å². The van der Waals surface area contributed by atoms with E-state index in [4.69, 9.17) is 9.47 Å². The Bertz CT molecular complexity index is 384. The first kappa shape index (κ1) is 20.5. The van der Waals surface area contributed by atoms with Crippen LogP contribution in [0.3, 0.4) is 0 Å². The number of hydrogen-bond acceptors (Lipinski definition) is 4. The van der Waals surface area contributed by atoms with Crippen molar-refractivity contribution in [2.75, 3.05) is 59.6 Å². The molecule has 0 bridgehead atoms. The Hall–Kier alpha value is -0.850. The van der Waals surface area contributed by atoms with E-state index in [2.05, 4.69) is 34.4 Å². The number of piperidine rings is 1. The second-order valence-electron chi connectivity index (χ2n) is 7.75. The second kappa shape index (κ2) is 11.7. The summed E-state index contributed by atoms with van der Waals surface area (Å²) in [7, 11) is 1.84. The van der Waals surface area contributed by atoms with E-state index < -0.39 is 0 Å². The van der Waals surface area contributed by atoms with Gasteiger partial charge in [-0.1, -0.05) is 13.8 Å². The van der Waals surface area contributed by atoms with Crippen LogP contribution in [-0.4, -0.2) is 76.6 Å². The predicted octanol–water partition coefficient (Wildman–Crippen LogP) is 1.72. The van der Waals surface area contributed by atoms with E-state index in [1.54, 1.807) is 0 Å². The quantitative estimate of drug-likeness (QED) is 0.375. The maximum atomic E-state index is 5.79. The van der Waals surface area contributed by atoms with Crippen molar-refractivity contribution in [2.24, 2.45) is 16.8 Å². The topological polar surface area (TPSA) is 58.1 Å². The lowest BCUT2D eigenvalue weighted by Crippen LogP contribution is -2.45. The highest BCUT2D eigenvalue weighted by Gasteiger charge is 2.20. The van der Waals surface area contributed by atoms with Crippen molar-refractivity contribution in [3.8, 4) is 0 Å². The summed E-state index contributed by atoms with van der Waals surface area (Å²) in [4.78, 5) is 6.95. The lowest BCUT2D eigenvalue weighted by atomic mass is 9.97. The highest BCUT2D eigenvalue weighted by atomic mass is 16.5. The zero-order valence-electron chi connectivity index (χ0n) is 16.4. The van der Waals surface area contributed by atoms with Gasteiger partial charge in [-0.15, -0.1) is 0 Å². The summed E-state index contributed by atoms with van der Waals surface area (Å²) in [6, 6.07) is 0. The molecule has 2 saturated heterocycles. The van der Waals surface area contributed by atoms with Crippen LogP contribution in [0.15, 0.2) is 4.99 Å². The van der Waals surface area contributed by atoms with Gasteiger partial charge in [0, 0.05) is 46.4 Å². The smallest absolute Gasteiger partial charge is 0.190 e. The number of hydrogen-bond donors (Lipinski definition) is 2. The molecular formula is C19H38N4O2. The minimum absolute atomic E-state index is 0.303. The van der Waals surface area contributed by atoms with Gasteiger partial charge >= 0.3 is 0 Å². The average molecular weight is 355 g/mol. The minimum Gasteiger partial charge on any atom is -0.379 e. The molecule has 25 heavy (non-hydrogen) atoms. The molecule has 2 fully saturated rings. The zero-order chi connectivity index (χ0) is 17.9. The summed E-state index contributed by atoms with van der Waals surface area (Å²) in [5.74, 6) is 2.38. The number of nitrogens with zero attached hydrogens (tertiary/aromatic N) is 2. The van der Waals surface area contributed by atoms with Crippen molar-refractivity contribution in [1.29, 1.82) is 0 Å². The van der Waals surface area contributed by atoms with Gasteiger partial charge in [0.05, 0.1) is 12.7 Å². The third-order valence-electron chi connectivity index (χ3n) is 4.86. The van der Waals surface area contributed by atoms with Crippen LogP contribution in [0.25, 0.3) is 0 Å². The summed E-state index contributed by atoms with van der Waals surface area (Å²) in [6.45, 7) is 12.6. The van der Waals surface area contributed by atoms with Crippen LogP contribution in [0.4, 0.5) is 0 Å². The van der Waals surface area contributed by atoms with E-state index in [0.717, 1.165) is 63.5 Å². The van der Waals surface area contributed by atoms with Crippen LogP contribution in [0.2, 0.25) is 0 Å². The van der Waals surface area contributed by atoms with Gasteiger partial charge in [-0.2, -0.15) is 0 Å². The van der Waals surface area contributed by atoms with E-state index >= 15 is 0 Å². The number of rotatable bonds is 9. The number of guanidine groups is 1. The monoisotopic (exact) mass is 354 g/mol. The number of nitrogens with one attached hydrogen (secondary N) is 2. The van der Waals surface area contributed by atoms with Crippen molar-refractivity contribution in [3.05, 3.63) is 0 Å². The summed E-state index contributed by atoms with van der Waals surface area (Å²) >= 11 is 0. The minimum atomic E-state index is 0.303. The van der Waals surface area contributed by atoms with Crippen molar-refractivity contribution in [1.82, 2.24) is 15.5 Å². The molecule has 0 amide bonds. The van der Waals surface area contributed by atoms with Crippen LogP contribution < -0.4 is 10.6 Å². The molecule has 0 saturated carbocycles. The Morgan fingerprint density at radius 3 is 2.92 bits per heavy atom. The fraction of sp³-hybridized carbons (Fsp3) is 0.947. The molecule has 0 aliphatic carbocycles. The standard InChI is InChI=1S/C19H38N4O2/c1-16(2)13-23-9-4-6-17(14-23)12-22-19(20-3)21-8-5-10-25-18-7-11-24-15-18/h16-18H,4-15H2,1-3H3,(H2,20,21,22). The molecule has 0 aromatic carbocycles. The van der Waals surface area contributed by atoms with Crippen LogP contribution in [0, 0.1) is 11.8 Å². The highest BCUT2D eigenvalue weighted by Crippen LogP contribution is 2.16. The lowest BCUT2D eigenvalue weighted by molar-refractivity contribution is 0.0420. The molecule has 6 nitrogen and oxygen atoms in total. The molecule has 2 heterocycles. The third kappa shape index (κ3) is 8.38. The maximum Gasteiger partial charge on any atom is 0.190 e. The van der Waals surface area contributed by atoms with Gasteiger partial charge < -0.3 is 25.0 Å². The second-order valence-corrected chi connectivity index (χ2v) is 7.75. The summed E-state index contributed by atoms with van der Waals surface area (Å²) in [5, 5.41) is 6.89. The number of ether oxygens (including phenoxy) is 2. The zero-order valence-corrected chi connectivity index (χ0v) is 16.4. The predicted molar refractivity (Wildman–Crippen MR) is 103 cm³/mol. The Labute approximate surface area is 153 Å². The Kier molecular flexibility index (Phi) is 9.58. The van der Waals surface area contributed by atoms with Gasteiger partial charge in [0.1, 0.15) is 0 Å². The largest absolute Gasteiger partial charge is 0.379 e. The molecule has 0 aromatic heterocycles. The molecule has 2 N–H and O–H groups in total. The molecule has 2 rings (SSSR count). The van der Waals surface area contributed by atoms with Crippen LogP contribution in [0.5, 0.6) is 0 Å². The third-order valence-corrected chi connectivity index (χ3v) is 4.86. The fourth-order valence-electron chi connectivity index (χ4n) is 3.64. The molecule has 0 radical (unpaired) electrons. The van der Waals surface area contributed by atoms with Crippen LogP contribution in [-0.2, 0) is 9.47 Å². The molecule has 0 spiro atoms. The van der Waals surface area contributed by atoms with E-state index in [1.165, 1.54) is 32.5 Å². The van der Waals surface area contributed by atoms with Gasteiger partial charge in [0.15, 0.2) is 5.96 Å². The molecule has 2 atom stereocenters. The highest BCUT2D eigenvalue weighted by molar-refractivity contribution is 5.79. The van der Waals surface area contributed by atoms with Gasteiger partial charge in [0.25, 0.3) is 0 Å². The molecule has 6 heteroatoms. The van der Waals surface area contributed by atoms with Crippen molar-refractivity contribution >= 4 is 5.96 Å². The molecule has 2 unspecified atom stereocenters. The summed E-state index contributed by atoms with van der Waals surface area (Å²) in [5.41, 5.74) is 0. The maximum absolute atomic E-state index is 5.79. The number of likely N-dealkylation sites (tertiary alicyclic amines) is 1. The molecular weight excluding hydrogens is 316 g/mol. The Balaban J connectivity index is 1.54. The van der Waals surface area contributed by atoms with Gasteiger partial charge in [-0.25, -0.2) is 0 Å². The molecule has 0 aromatic rings. The average Bonchev–Trinajstić information content (AvgIpc) is 3.10. The first-order chi connectivity index (χ1) is 12.2. The van der Waals surface area contributed by atoms with E-state index in [9.17, 15) is 0 Å². The van der Waals surface area contributed by atoms with Crippen molar-refractivity contribution < 1.29 is 9.47 Å². The van der Waals surface area contributed by atoms with E-state index in [0.29, 0.717) is 6.10 Å². The van der Waals surface area contributed by atoms with Gasteiger partial charge in [0.2, 0.25) is 0 Å². The Morgan fingerprint density at radius 2 is 2.20 bits per heavy atom. The van der Waals surface area contributed by atoms with Crippen LogP contribution in [0.1, 0.15) is 39.5 Å². The first-order valence-electron chi connectivity index (χ1n) is 10.0. The number of aliphatic imine (C=N–C) groups is 1. The van der Waals surface area contributed by atoms with Gasteiger partial charge in [-0.3, -0.25) is 4.99 Å². The van der Waals surface area contributed by atoms with Crippen molar-refractivity contribution in [3.63, 3.8) is 0 Å². The normalized spacial score (nSPS) is 25.5. The molecule has 146 valence electrons. The SMILES string of the molecule is CN=C(NCCCOC1CCOC1)NCC1CCCN(CC(C)C)C1. The summed E-state index contributed by atoms with van der Waals surface area (Å²) in [6.07, 6.45) is 4.95. The van der Waals surface area contributed by atoms with Crippen LogP contribution >= 0.6 is 0 Å². The van der Waals surface area contributed by atoms with Crippen molar-refractivity contribution in [2.45, 2.75) is 45.6 Å². The van der Waals surface area contributed by atoms with E-state index in [-0.39, 0.29) is 0 Å². The molecule has 2 aliphatic heterocycles. The summed E-state index contributed by atoms with van der Waals surface area (Å²) < 4.78 is 11.1. The molecule has 2 aliphatic rings. The fourth-order valence-corrected chi connectivity index (χ4v) is 3.64. The Morgan fingerprint density at radius 1 is 1.32 bits per heavy atom. The lowest BCUT2D eigenvalue weighted by Gasteiger charge is -2.34. The van der Waals surface area contributed by atoms with Gasteiger partial charge in [-0.05, 0) is 44.1 Å². The first-order valence-corrected chi connectivity index (χ1v) is 10.0.